The van der Waals surface area contributed by atoms with Crippen LogP contribution in [-0.4, -0.2) is 36.3 Å². The van der Waals surface area contributed by atoms with E-state index < -0.39 is 5.91 Å². The first kappa shape index (κ1) is 7.61. The van der Waals surface area contributed by atoms with Crippen LogP contribution in [-0.2, 0) is 9.59 Å². The molecule has 0 radical (unpaired) electrons. The fourth-order valence-corrected chi connectivity index (χ4v) is 0.903. The first-order valence-corrected chi connectivity index (χ1v) is 3.26. The van der Waals surface area contributed by atoms with Crippen molar-refractivity contribution in [2.75, 3.05) is 19.6 Å². The highest BCUT2D eigenvalue weighted by Gasteiger charge is 2.18. The first-order valence-electron chi connectivity index (χ1n) is 3.26. The lowest BCUT2D eigenvalue weighted by Crippen LogP contribution is -2.49. The Labute approximate surface area is 64.6 Å². The van der Waals surface area contributed by atoms with Crippen molar-refractivity contribution < 1.29 is 9.59 Å². The number of terminal acetylenes is 1. The normalized spacial score (nSPS) is 17.0. The number of carbonyl (C=O) groups excluding carboxylic acids is 2. The fourth-order valence-electron chi connectivity index (χ4n) is 0.903. The van der Waals surface area contributed by atoms with Crippen LogP contribution in [0.15, 0.2) is 0 Å². The van der Waals surface area contributed by atoms with Crippen molar-refractivity contribution in [3.63, 3.8) is 0 Å². The standard InChI is InChI=1S/C7H8N2O2/c1-2-7(11)9-4-3-8-6(10)5-9/h1H,3-5H2,(H,8,10). The van der Waals surface area contributed by atoms with Crippen LogP contribution in [0.2, 0.25) is 0 Å². The van der Waals surface area contributed by atoms with E-state index in [1.54, 1.807) is 0 Å². The Morgan fingerprint density at radius 3 is 3.00 bits per heavy atom. The van der Waals surface area contributed by atoms with Gasteiger partial charge in [0, 0.05) is 13.1 Å². The zero-order valence-corrected chi connectivity index (χ0v) is 5.96. The second-order valence-electron chi connectivity index (χ2n) is 2.22. The smallest absolute Gasteiger partial charge is 0.298 e. The van der Waals surface area contributed by atoms with Gasteiger partial charge in [-0.05, 0) is 5.92 Å². The van der Waals surface area contributed by atoms with Crippen molar-refractivity contribution in [2.45, 2.75) is 0 Å². The minimum atomic E-state index is -0.417. The van der Waals surface area contributed by atoms with Gasteiger partial charge < -0.3 is 10.2 Å². The Morgan fingerprint density at radius 2 is 2.45 bits per heavy atom. The molecule has 1 heterocycles. The van der Waals surface area contributed by atoms with Crippen molar-refractivity contribution in [1.82, 2.24) is 10.2 Å². The van der Waals surface area contributed by atoms with E-state index in [1.165, 1.54) is 4.90 Å². The summed E-state index contributed by atoms with van der Waals surface area (Å²) in [5.74, 6) is 1.39. The molecule has 4 nitrogen and oxygen atoms in total. The Kier molecular flexibility index (Phi) is 2.12. The van der Waals surface area contributed by atoms with Gasteiger partial charge in [0.2, 0.25) is 5.91 Å². The molecule has 0 aliphatic carbocycles. The maximum absolute atomic E-state index is 10.8. The quantitative estimate of drug-likeness (QED) is 0.433. The van der Waals surface area contributed by atoms with Crippen LogP contribution in [0, 0.1) is 12.3 Å². The molecule has 0 aromatic heterocycles. The monoisotopic (exact) mass is 152 g/mol. The first-order chi connectivity index (χ1) is 5.24. The SMILES string of the molecule is C#CC(=O)N1CCNC(=O)C1. The molecule has 0 unspecified atom stereocenters. The molecule has 0 atom stereocenters. The van der Waals surface area contributed by atoms with Gasteiger partial charge in [-0.25, -0.2) is 0 Å². The summed E-state index contributed by atoms with van der Waals surface area (Å²) in [4.78, 5) is 22.9. The van der Waals surface area contributed by atoms with Crippen LogP contribution < -0.4 is 5.32 Å². The highest BCUT2D eigenvalue weighted by Crippen LogP contribution is 1.92. The molecule has 0 saturated carbocycles. The number of rotatable bonds is 0. The number of nitrogens with one attached hydrogen (secondary N) is 1. The summed E-state index contributed by atoms with van der Waals surface area (Å²) in [5.41, 5.74) is 0. The second kappa shape index (κ2) is 3.06. The molecule has 2 amide bonds. The van der Waals surface area contributed by atoms with E-state index in [4.69, 9.17) is 6.42 Å². The maximum Gasteiger partial charge on any atom is 0.298 e. The number of hydrogen-bond donors (Lipinski definition) is 1. The van der Waals surface area contributed by atoms with E-state index in [-0.39, 0.29) is 12.5 Å². The largest absolute Gasteiger partial charge is 0.353 e. The fraction of sp³-hybridized carbons (Fsp3) is 0.429. The lowest BCUT2D eigenvalue weighted by atomic mass is 10.3. The summed E-state index contributed by atoms with van der Waals surface area (Å²) in [6.45, 7) is 1.09. The molecule has 1 N–H and O–H groups in total. The minimum Gasteiger partial charge on any atom is -0.353 e. The van der Waals surface area contributed by atoms with E-state index in [2.05, 4.69) is 5.32 Å². The topological polar surface area (TPSA) is 49.4 Å². The Morgan fingerprint density at radius 1 is 1.73 bits per heavy atom. The van der Waals surface area contributed by atoms with Gasteiger partial charge in [0.25, 0.3) is 5.91 Å². The predicted octanol–water partition coefficient (Wildman–Crippen LogP) is -1.42. The van der Waals surface area contributed by atoms with E-state index in [9.17, 15) is 9.59 Å². The van der Waals surface area contributed by atoms with Crippen molar-refractivity contribution >= 4 is 11.8 Å². The molecular weight excluding hydrogens is 144 g/mol. The summed E-state index contributed by atoms with van der Waals surface area (Å²) in [7, 11) is 0. The zero-order chi connectivity index (χ0) is 8.27. The molecule has 1 saturated heterocycles. The molecule has 11 heavy (non-hydrogen) atoms. The Hall–Kier alpha value is -1.50. The lowest BCUT2D eigenvalue weighted by Gasteiger charge is -2.24. The molecule has 58 valence electrons. The molecule has 1 fully saturated rings. The maximum atomic E-state index is 10.8. The average Bonchev–Trinajstić information content (AvgIpc) is 2.03. The van der Waals surface area contributed by atoms with Gasteiger partial charge >= 0.3 is 0 Å². The van der Waals surface area contributed by atoms with Gasteiger partial charge in [0.15, 0.2) is 0 Å². The van der Waals surface area contributed by atoms with Gasteiger partial charge in [0.1, 0.15) is 6.54 Å². The zero-order valence-electron chi connectivity index (χ0n) is 5.96. The van der Waals surface area contributed by atoms with E-state index >= 15 is 0 Å². The van der Waals surface area contributed by atoms with Gasteiger partial charge in [-0.15, -0.1) is 6.42 Å². The lowest BCUT2D eigenvalue weighted by molar-refractivity contribution is -0.134. The molecule has 0 spiro atoms. The highest BCUT2D eigenvalue weighted by molar-refractivity contribution is 5.95. The van der Waals surface area contributed by atoms with E-state index in [1.807, 2.05) is 5.92 Å². The van der Waals surface area contributed by atoms with Gasteiger partial charge in [-0.1, -0.05) is 0 Å². The number of hydrogen-bond acceptors (Lipinski definition) is 2. The van der Waals surface area contributed by atoms with Crippen LogP contribution in [0.1, 0.15) is 0 Å². The summed E-state index contributed by atoms with van der Waals surface area (Å²) in [5, 5.41) is 2.59. The van der Waals surface area contributed by atoms with Crippen LogP contribution in [0.5, 0.6) is 0 Å². The predicted molar refractivity (Wildman–Crippen MR) is 38.4 cm³/mol. The molecule has 1 aliphatic rings. The molecule has 0 aromatic rings. The highest BCUT2D eigenvalue weighted by atomic mass is 16.2. The number of amides is 2. The second-order valence-corrected chi connectivity index (χ2v) is 2.22. The molecular formula is C7H8N2O2. The number of piperazine rings is 1. The van der Waals surface area contributed by atoms with Crippen LogP contribution >= 0.6 is 0 Å². The third-order valence-electron chi connectivity index (χ3n) is 1.45. The molecule has 1 rings (SSSR count). The summed E-state index contributed by atoms with van der Waals surface area (Å²) in [6.07, 6.45) is 4.88. The number of carbonyl (C=O) groups is 2. The summed E-state index contributed by atoms with van der Waals surface area (Å²) < 4.78 is 0. The van der Waals surface area contributed by atoms with Crippen LogP contribution in [0.4, 0.5) is 0 Å². The Bertz CT molecular complexity index is 229. The third kappa shape index (κ3) is 1.71. The molecule has 4 heteroatoms. The van der Waals surface area contributed by atoms with Crippen molar-refractivity contribution in [3.8, 4) is 12.3 Å². The van der Waals surface area contributed by atoms with Gasteiger partial charge in [-0.2, -0.15) is 0 Å². The molecule has 1 aliphatic heterocycles. The summed E-state index contributed by atoms with van der Waals surface area (Å²) in [6, 6.07) is 0. The van der Waals surface area contributed by atoms with Gasteiger partial charge in [-0.3, -0.25) is 9.59 Å². The molecule has 0 aromatic carbocycles. The van der Waals surface area contributed by atoms with Crippen molar-refractivity contribution in [2.24, 2.45) is 0 Å². The molecule has 0 bridgehead atoms. The minimum absolute atomic E-state index is 0.0863. The Balaban J connectivity index is 2.54. The van der Waals surface area contributed by atoms with Crippen LogP contribution in [0.25, 0.3) is 0 Å². The number of nitrogens with zero attached hydrogens (tertiary/aromatic N) is 1. The van der Waals surface area contributed by atoms with E-state index in [0.717, 1.165) is 0 Å². The van der Waals surface area contributed by atoms with Crippen LogP contribution in [0.3, 0.4) is 0 Å². The van der Waals surface area contributed by atoms with E-state index in [0.29, 0.717) is 13.1 Å². The van der Waals surface area contributed by atoms with Gasteiger partial charge in [0.05, 0.1) is 0 Å². The summed E-state index contributed by atoms with van der Waals surface area (Å²) >= 11 is 0. The third-order valence-corrected chi connectivity index (χ3v) is 1.45. The van der Waals surface area contributed by atoms with Crippen molar-refractivity contribution in [3.05, 3.63) is 0 Å². The average molecular weight is 152 g/mol. The van der Waals surface area contributed by atoms with Crippen molar-refractivity contribution in [1.29, 1.82) is 0 Å².